The van der Waals surface area contributed by atoms with E-state index in [1.54, 1.807) is 14.2 Å². The highest BCUT2D eigenvalue weighted by Crippen LogP contribution is 2.47. The van der Waals surface area contributed by atoms with Gasteiger partial charge in [-0.2, -0.15) is 0 Å². The SMILES string of the molecule is C.C.COc1ccc(N(c2ccc(N)cc2)c2ccc(N(c3ccc(N)cc3)c3ccc(CO)cc3)cc2)cc1.COc1ccc(N(c2ccc(N3C(=O)C4CCCCC4C3=O)cc2)c2ccc(N(c3ccc(CO)cc3)c3ccc(N4C(=O)C5CCCCC5C4=O)cc3)cc2)cc1.O=C1OC(=O)C2CCCCC12.[2H]CC(C)=O.c1ccc2cnccc2c1. The van der Waals surface area contributed by atoms with Gasteiger partial charge in [-0.25, -0.2) is 0 Å². The first kappa shape index (κ1) is 87.1. The number of nitrogens with zero attached hydrogens (tertiary/aromatic N) is 7. The van der Waals surface area contributed by atoms with Crippen molar-refractivity contribution in [2.75, 3.05) is 55.1 Å². The van der Waals surface area contributed by atoms with Crippen LogP contribution in [0.2, 0.25) is 0 Å². The molecule has 0 spiro atoms. The number of nitrogen functional groups attached to an aromatic ring is 2. The number of rotatable bonds is 18. The molecule has 18 rings (SSSR count). The van der Waals surface area contributed by atoms with Crippen LogP contribution in [0.4, 0.5) is 91.0 Å². The van der Waals surface area contributed by atoms with Crippen LogP contribution in [0.3, 0.4) is 0 Å². The van der Waals surface area contributed by atoms with Crippen molar-refractivity contribution in [1.82, 2.24) is 4.98 Å². The molecule has 12 aromatic rings. The molecule has 3 aliphatic carbocycles. The number of carbonyl (C=O) groups excluding carboxylic acids is 7. The minimum absolute atomic E-state index is 0. The first-order valence-corrected chi connectivity index (χ1v) is 41.0. The standard InChI is InChI=1S/C48H46N4O6.C32H30N4O2.C9H7N.C8H10O3.C3H6O.2CH4/c1-58-40-28-26-37(27-29-40)50(36-20-24-39(25-21-36)52-47(56)43-8-4-5-9-44(43)48(52)57)34-16-14-33(15-17-34)49(32-12-10-31(30-53)11-13-32)35-18-22-38(23-19-35)51-45(54)41-6-2-3-7-42(41)46(51)55;1-38-32-20-18-31(19-21-32)36(28-12-6-25(34)7-13-28)30-16-14-29(15-17-30)35(27-10-4-24(33)5-11-27)26-8-2-23(22-37)3-9-26;1-2-4-9-7-10-6-5-8(9)3-1;9-7-5-3-1-2-4-6(5)8(10)11-7;1-3(2)4;;/h10-29,41-44,53H,2-9,30H2,1H3;2-21,37H,22,33-34H2,1H3;1-7H;5-6H,1-4H2;1-2H3;2*1H4/i;;;;1D;;. The van der Waals surface area contributed by atoms with E-state index in [4.69, 9.17) is 22.3 Å². The number of fused-ring (bicyclic) bond motifs is 4. The number of anilines is 16. The molecule has 0 bridgehead atoms. The molecular formula is C102H107N9O12. The number of Topliss-reactive ketones (excluding diaryl/α,β-unsaturated/α-hetero) is 1. The van der Waals surface area contributed by atoms with Crippen LogP contribution in [0.5, 0.6) is 11.5 Å². The Labute approximate surface area is 721 Å². The molecule has 6 fully saturated rings. The predicted octanol–water partition coefficient (Wildman–Crippen LogP) is 21.8. The number of pyridine rings is 1. The van der Waals surface area contributed by atoms with E-state index in [0.717, 1.165) is 168 Å². The second-order valence-corrected chi connectivity index (χ2v) is 30.8. The van der Waals surface area contributed by atoms with Crippen LogP contribution in [0.15, 0.2) is 285 Å². The normalized spacial score (nSPS) is 17.9. The predicted molar refractivity (Wildman–Crippen MR) is 489 cm³/mol. The third kappa shape index (κ3) is 20.3. The van der Waals surface area contributed by atoms with Gasteiger partial charge in [0.1, 0.15) is 17.3 Å². The summed E-state index contributed by atoms with van der Waals surface area (Å²) >= 11 is 0. The van der Waals surface area contributed by atoms with Gasteiger partial charge in [0, 0.05) is 93.4 Å². The van der Waals surface area contributed by atoms with Crippen molar-refractivity contribution in [3.63, 3.8) is 0 Å². The Bertz CT molecular complexity index is 5200. The zero-order chi connectivity index (χ0) is 85.3. The van der Waals surface area contributed by atoms with Crippen LogP contribution in [0.25, 0.3) is 10.8 Å². The molecule has 21 nitrogen and oxygen atoms in total. The van der Waals surface area contributed by atoms with Gasteiger partial charge in [-0.15, -0.1) is 0 Å². The number of nitrogens with two attached hydrogens (primary N) is 2. The van der Waals surface area contributed by atoms with Gasteiger partial charge in [0.25, 0.3) is 0 Å². The first-order valence-electron chi connectivity index (χ1n) is 41.7. The summed E-state index contributed by atoms with van der Waals surface area (Å²) in [5.74, 6) is -0.596. The summed E-state index contributed by atoms with van der Waals surface area (Å²) in [4.78, 5) is 100. The largest absolute Gasteiger partial charge is 0.497 e. The Kier molecular flexibility index (Phi) is 29.0. The van der Waals surface area contributed by atoms with Gasteiger partial charge in [-0.05, 0) is 299 Å². The molecule has 3 aliphatic heterocycles. The maximum Gasteiger partial charge on any atom is 0.317 e. The van der Waals surface area contributed by atoms with Crippen LogP contribution in [0.1, 0.15) is 118 Å². The number of ether oxygens (including phenoxy) is 3. The summed E-state index contributed by atoms with van der Waals surface area (Å²) < 4.78 is 21.7. The summed E-state index contributed by atoms with van der Waals surface area (Å²) in [7, 11) is 3.30. The fourth-order valence-corrected chi connectivity index (χ4v) is 16.8. The van der Waals surface area contributed by atoms with E-state index in [1.807, 2.05) is 249 Å². The van der Waals surface area contributed by atoms with E-state index in [1.165, 1.54) is 27.5 Å². The second kappa shape index (κ2) is 41.0. The molecule has 3 saturated heterocycles. The van der Waals surface area contributed by atoms with Crippen LogP contribution in [0, 0.1) is 35.5 Å². The zero-order valence-electron chi connectivity index (χ0n) is 69.0. The topological polar surface area (TPSA) is 272 Å². The van der Waals surface area contributed by atoms with Gasteiger partial charge in [-0.3, -0.25) is 43.6 Å². The molecule has 4 amide bonds. The number of aliphatic hydroxyl groups is 2. The van der Waals surface area contributed by atoms with E-state index in [9.17, 15) is 43.8 Å². The second-order valence-electron chi connectivity index (χ2n) is 30.8. The molecule has 21 heteroatoms. The zero-order valence-corrected chi connectivity index (χ0v) is 68.0. The number of aromatic nitrogens is 1. The van der Waals surface area contributed by atoms with Crippen molar-refractivity contribution in [2.45, 2.75) is 119 Å². The van der Waals surface area contributed by atoms with E-state index < -0.39 is 0 Å². The van der Waals surface area contributed by atoms with E-state index in [2.05, 4.69) is 65.7 Å². The van der Waals surface area contributed by atoms with Gasteiger partial charge in [-0.1, -0.05) is 102 Å². The first-order chi connectivity index (χ1) is 59.4. The Hall–Kier alpha value is -13.8. The number of methoxy groups -OCH3 is 2. The Morgan fingerprint density at radius 3 is 0.886 bits per heavy atom. The number of cyclic esters (lactones) is 2. The number of carbonyl (C=O) groups is 7. The van der Waals surface area contributed by atoms with Gasteiger partial charge in [0.05, 0.1) is 74.3 Å². The average molecular weight is 1650 g/mol. The summed E-state index contributed by atoms with van der Waals surface area (Å²) in [5, 5.41) is 21.7. The smallest absolute Gasteiger partial charge is 0.317 e. The van der Waals surface area contributed by atoms with Crippen molar-refractivity contribution >= 4 is 143 Å². The molecule has 11 aromatic carbocycles. The minimum Gasteiger partial charge on any atom is -0.497 e. The lowest BCUT2D eigenvalue weighted by Crippen LogP contribution is -2.30. The highest BCUT2D eigenvalue weighted by molar-refractivity contribution is 6.23. The van der Waals surface area contributed by atoms with Crippen LogP contribution < -0.4 is 50.3 Å². The van der Waals surface area contributed by atoms with Crippen molar-refractivity contribution in [1.29, 1.82) is 0 Å². The molecule has 6 unspecified atom stereocenters. The quantitative estimate of drug-likeness (QED) is 0.0269. The molecule has 123 heavy (non-hydrogen) atoms. The van der Waals surface area contributed by atoms with Crippen molar-refractivity contribution < 1.29 is 59.4 Å². The lowest BCUT2D eigenvalue weighted by Gasteiger charge is -2.29. The van der Waals surface area contributed by atoms with E-state index >= 15 is 0 Å². The lowest BCUT2D eigenvalue weighted by molar-refractivity contribution is -0.154. The summed E-state index contributed by atoms with van der Waals surface area (Å²) in [5.41, 5.74) is 27.3. The number of hydrogen-bond acceptors (Lipinski definition) is 19. The minimum atomic E-state index is -0.292. The Balaban J connectivity index is 0.000000179. The van der Waals surface area contributed by atoms with Crippen molar-refractivity contribution in [3.8, 4) is 11.5 Å². The summed E-state index contributed by atoms with van der Waals surface area (Å²) in [6.07, 6.45) is 14.5. The Morgan fingerprint density at radius 1 is 0.382 bits per heavy atom. The number of imide groups is 2. The fourth-order valence-electron chi connectivity index (χ4n) is 16.8. The molecule has 6 N–H and O–H groups in total. The number of amides is 4. The summed E-state index contributed by atoms with van der Waals surface area (Å²) in [6, 6.07) is 88.8. The highest BCUT2D eigenvalue weighted by Gasteiger charge is 2.50. The molecule has 632 valence electrons. The van der Waals surface area contributed by atoms with Gasteiger partial charge in [0.2, 0.25) is 23.6 Å². The molecular weight excluding hydrogens is 1540 g/mol. The van der Waals surface area contributed by atoms with Crippen LogP contribution in [-0.2, 0) is 51.5 Å². The third-order valence-corrected chi connectivity index (χ3v) is 23.0. The van der Waals surface area contributed by atoms with E-state index in [-0.39, 0.29) is 112 Å². The third-order valence-electron chi connectivity index (χ3n) is 23.0. The number of esters is 2. The molecule has 0 radical (unpaired) electrons. The highest BCUT2D eigenvalue weighted by atomic mass is 16.6. The van der Waals surface area contributed by atoms with Crippen molar-refractivity contribution in [2.24, 2.45) is 35.5 Å². The number of benzene rings is 11. The van der Waals surface area contributed by atoms with Gasteiger partial charge >= 0.3 is 11.9 Å². The monoisotopic (exact) mass is 1650 g/mol. The molecule has 6 aliphatic rings. The molecule has 1 aromatic heterocycles. The lowest BCUT2D eigenvalue weighted by atomic mass is 9.81. The van der Waals surface area contributed by atoms with Crippen LogP contribution in [-0.4, -0.2) is 70.8 Å². The molecule has 6 atom stereocenters. The number of ketones is 1. The number of hydrogen-bond donors (Lipinski definition) is 4. The van der Waals surface area contributed by atoms with Crippen LogP contribution >= 0.6 is 0 Å². The fraction of sp³-hybridized carbons (Fsp3) is 0.255. The van der Waals surface area contributed by atoms with Crippen molar-refractivity contribution in [3.05, 3.63) is 297 Å². The molecule has 4 heterocycles. The molecule has 3 saturated carbocycles. The Morgan fingerprint density at radius 2 is 0.626 bits per heavy atom. The average Bonchev–Trinajstić information content (AvgIpc) is 1.61. The van der Waals surface area contributed by atoms with E-state index in [0.29, 0.717) is 22.7 Å². The maximum atomic E-state index is 13.4. The summed E-state index contributed by atoms with van der Waals surface area (Å²) in [6.45, 7) is 1.24. The van der Waals surface area contributed by atoms with Gasteiger partial charge < -0.3 is 60.3 Å². The number of aliphatic hydroxyl groups excluding tert-OH is 2. The maximum absolute atomic E-state index is 13.4. The van der Waals surface area contributed by atoms with Gasteiger partial charge in [0.15, 0.2) is 0 Å².